The van der Waals surface area contributed by atoms with E-state index in [0.29, 0.717) is 5.56 Å². The van der Waals surface area contributed by atoms with Gasteiger partial charge in [-0.15, -0.1) is 0 Å². The second-order valence-electron chi connectivity index (χ2n) is 4.15. The predicted molar refractivity (Wildman–Crippen MR) is 58.6 cm³/mol. The highest BCUT2D eigenvalue weighted by Crippen LogP contribution is 2.42. The van der Waals surface area contributed by atoms with Gasteiger partial charge >= 0.3 is 12.4 Å². The van der Waals surface area contributed by atoms with Gasteiger partial charge in [-0.05, 0) is 19.0 Å². The van der Waals surface area contributed by atoms with Crippen molar-refractivity contribution in [3.63, 3.8) is 0 Å². The number of halogens is 6. The molecule has 0 bridgehead atoms. The largest absolute Gasteiger partial charge is 0.402 e. The standard InChI is InChI=1S/C12H13F6N/c1-19-9(7-8-5-3-2-4-6-8)10(11(13,14)15)12(16,17)18/h2-6,9-10,19H,7H2,1H3. The highest BCUT2D eigenvalue weighted by atomic mass is 19.4. The summed E-state index contributed by atoms with van der Waals surface area (Å²) in [5.41, 5.74) is 0.417. The van der Waals surface area contributed by atoms with Crippen LogP contribution in [0.2, 0.25) is 0 Å². The summed E-state index contributed by atoms with van der Waals surface area (Å²) in [6.45, 7) is 0. The van der Waals surface area contributed by atoms with E-state index < -0.39 is 24.3 Å². The number of hydrogen-bond donors (Lipinski definition) is 1. The quantitative estimate of drug-likeness (QED) is 0.834. The van der Waals surface area contributed by atoms with Crippen LogP contribution >= 0.6 is 0 Å². The first-order valence-electron chi connectivity index (χ1n) is 5.51. The molecule has 0 aromatic heterocycles. The Balaban J connectivity index is 2.98. The van der Waals surface area contributed by atoms with E-state index in [4.69, 9.17) is 0 Å². The lowest BCUT2D eigenvalue weighted by Crippen LogP contribution is -2.51. The van der Waals surface area contributed by atoms with Crippen LogP contribution in [0, 0.1) is 5.92 Å². The third kappa shape index (κ3) is 4.41. The summed E-state index contributed by atoms with van der Waals surface area (Å²) in [6, 6.07) is 6.02. The predicted octanol–water partition coefficient (Wildman–Crippen LogP) is 3.56. The maximum Gasteiger partial charge on any atom is 0.402 e. The third-order valence-electron chi connectivity index (χ3n) is 2.78. The van der Waals surface area contributed by atoms with Gasteiger partial charge in [0.05, 0.1) is 0 Å². The van der Waals surface area contributed by atoms with Crippen LogP contribution in [-0.4, -0.2) is 25.4 Å². The summed E-state index contributed by atoms with van der Waals surface area (Å²) >= 11 is 0. The van der Waals surface area contributed by atoms with E-state index >= 15 is 0 Å². The van der Waals surface area contributed by atoms with E-state index in [1.807, 2.05) is 0 Å². The molecule has 1 nitrogen and oxygen atoms in total. The van der Waals surface area contributed by atoms with E-state index in [-0.39, 0.29) is 6.42 Å². The van der Waals surface area contributed by atoms with Gasteiger partial charge in [-0.1, -0.05) is 30.3 Å². The number of benzene rings is 1. The van der Waals surface area contributed by atoms with Gasteiger partial charge in [0, 0.05) is 6.04 Å². The van der Waals surface area contributed by atoms with E-state index in [9.17, 15) is 26.3 Å². The minimum Gasteiger partial charge on any atom is -0.316 e. The number of rotatable bonds is 4. The van der Waals surface area contributed by atoms with Crippen molar-refractivity contribution >= 4 is 0 Å². The molecular formula is C12H13F6N. The van der Waals surface area contributed by atoms with E-state index in [2.05, 4.69) is 5.32 Å². The van der Waals surface area contributed by atoms with E-state index in [0.717, 1.165) is 7.05 Å². The molecule has 108 valence electrons. The van der Waals surface area contributed by atoms with Gasteiger partial charge in [0.25, 0.3) is 0 Å². The van der Waals surface area contributed by atoms with Gasteiger partial charge < -0.3 is 5.32 Å². The Morgan fingerprint density at radius 2 is 1.42 bits per heavy atom. The van der Waals surface area contributed by atoms with Crippen molar-refractivity contribution in [3.05, 3.63) is 35.9 Å². The molecule has 7 heteroatoms. The Kier molecular flexibility index (Phi) is 4.84. The monoisotopic (exact) mass is 285 g/mol. The van der Waals surface area contributed by atoms with E-state index in [1.54, 1.807) is 18.2 Å². The van der Waals surface area contributed by atoms with Gasteiger partial charge in [-0.3, -0.25) is 0 Å². The Labute approximate surface area is 106 Å². The molecular weight excluding hydrogens is 272 g/mol. The maximum atomic E-state index is 12.6. The first kappa shape index (κ1) is 15.8. The second-order valence-corrected chi connectivity index (χ2v) is 4.15. The zero-order valence-electron chi connectivity index (χ0n) is 10.0. The van der Waals surface area contributed by atoms with Crippen LogP contribution in [0.3, 0.4) is 0 Å². The molecule has 0 saturated heterocycles. The molecule has 1 N–H and O–H groups in total. The first-order chi connectivity index (χ1) is 8.66. The van der Waals surface area contributed by atoms with Crippen molar-refractivity contribution in [3.8, 4) is 0 Å². The Morgan fingerprint density at radius 1 is 0.947 bits per heavy atom. The average molecular weight is 285 g/mol. The van der Waals surface area contributed by atoms with Crippen molar-refractivity contribution in [1.29, 1.82) is 0 Å². The van der Waals surface area contributed by atoms with Gasteiger partial charge in [-0.2, -0.15) is 26.3 Å². The summed E-state index contributed by atoms with van der Waals surface area (Å²) in [7, 11) is 1.10. The van der Waals surface area contributed by atoms with Crippen molar-refractivity contribution in [2.24, 2.45) is 5.92 Å². The van der Waals surface area contributed by atoms with Crippen molar-refractivity contribution in [2.45, 2.75) is 24.8 Å². The van der Waals surface area contributed by atoms with Crippen LogP contribution in [0.1, 0.15) is 5.56 Å². The van der Waals surface area contributed by atoms with Crippen LogP contribution in [0.5, 0.6) is 0 Å². The molecule has 1 unspecified atom stereocenters. The smallest absolute Gasteiger partial charge is 0.316 e. The number of nitrogens with one attached hydrogen (secondary N) is 1. The van der Waals surface area contributed by atoms with Gasteiger partial charge in [0.15, 0.2) is 5.92 Å². The topological polar surface area (TPSA) is 12.0 Å². The number of hydrogen-bond acceptors (Lipinski definition) is 1. The molecule has 1 rings (SSSR count). The zero-order valence-corrected chi connectivity index (χ0v) is 10.0. The fourth-order valence-electron chi connectivity index (χ4n) is 1.90. The van der Waals surface area contributed by atoms with Gasteiger partial charge in [0.1, 0.15) is 0 Å². The lowest BCUT2D eigenvalue weighted by atomic mass is 9.92. The van der Waals surface area contributed by atoms with E-state index in [1.165, 1.54) is 12.1 Å². The fourth-order valence-corrected chi connectivity index (χ4v) is 1.90. The minimum atomic E-state index is -5.33. The average Bonchev–Trinajstić information content (AvgIpc) is 2.25. The highest BCUT2D eigenvalue weighted by Gasteiger charge is 2.59. The fraction of sp³-hybridized carbons (Fsp3) is 0.500. The molecule has 0 aliphatic heterocycles. The van der Waals surface area contributed by atoms with Crippen LogP contribution in [0.4, 0.5) is 26.3 Å². The van der Waals surface area contributed by atoms with Crippen LogP contribution in [0.15, 0.2) is 30.3 Å². The molecule has 0 aliphatic rings. The number of alkyl halides is 6. The first-order valence-corrected chi connectivity index (χ1v) is 5.51. The normalized spacial score (nSPS) is 14.7. The molecule has 0 aliphatic carbocycles. The lowest BCUT2D eigenvalue weighted by Gasteiger charge is -2.30. The third-order valence-corrected chi connectivity index (χ3v) is 2.78. The zero-order chi connectivity index (χ0) is 14.7. The Bertz CT molecular complexity index is 369. The molecule has 1 atom stereocenters. The van der Waals surface area contributed by atoms with Crippen molar-refractivity contribution in [2.75, 3.05) is 7.05 Å². The SMILES string of the molecule is CNC(Cc1ccccc1)C(C(F)(F)F)C(F)(F)F. The van der Waals surface area contributed by atoms with Gasteiger partial charge in [0.2, 0.25) is 0 Å². The van der Waals surface area contributed by atoms with Gasteiger partial charge in [-0.25, -0.2) is 0 Å². The van der Waals surface area contributed by atoms with Crippen LogP contribution in [0.25, 0.3) is 0 Å². The summed E-state index contributed by atoms with van der Waals surface area (Å²) in [6.07, 6.45) is -11.0. The Hall–Kier alpha value is -1.24. The molecule has 1 aromatic carbocycles. The molecule has 0 radical (unpaired) electrons. The van der Waals surface area contributed by atoms with Crippen LogP contribution < -0.4 is 5.32 Å². The van der Waals surface area contributed by atoms with Crippen molar-refractivity contribution in [1.82, 2.24) is 5.32 Å². The number of likely N-dealkylation sites (N-methyl/N-ethyl adjacent to an activating group) is 1. The second kappa shape index (κ2) is 5.81. The molecule has 1 aromatic rings. The maximum absolute atomic E-state index is 12.6. The molecule has 19 heavy (non-hydrogen) atoms. The Morgan fingerprint density at radius 3 is 1.79 bits per heavy atom. The summed E-state index contributed by atoms with van der Waals surface area (Å²) < 4.78 is 75.6. The molecule has 0 heterocycles. The van der Waals surface area contributed by atoms with Crippen LogP contribution in [-0.2, 0) is 6.42 Å². The molecule has 0 amide bonds. The lowest BCUT2D eigenvalue weighted by molar-refractivity contribution is -0.291. The molecule has 0 fully saturated rings. The highest BCUT2D eigenvalue weighted by molar-refractivity contribution is 5.16. The van der Waals surface area contributed by atoms with Crippen molar-refractivity contribution < 1.29 is 26.3 Å². The summed E-state index contributed by atoms with van der Waals surface area (Å²) in [5.74, 6) is -3.38. The summed E-state index contributed by atoms with van der Waals surface area (Å²) in [5, 5.41) is 2.12. The molecule has 0 spiro atoms. The minimum absolute atomic E-state index is 0.346. The molecule has 0 saturated carbocycles. The summed E-state index contributed by atoms with van der Waals surface area (Å²) in [4.78, 5) is 0.